The first-order valence-corrected chi connectivity index (χ1v) is 7.47. The van der Waals surface area contributed by atoms with Gasteiger partial charge in [0.15, 0.2) is 0 Å². The van der Waals surface area contributed by atoms with Crippen LogP contribution in [0.4, 0.5) is 0 Å². The largest absolute Gasteiger partial charge is 0.338 e. The summed E-state index contributed by atoms with van der Waals surface area (Å²) in [7, 11) is 0. The second kappa shape index (κ2) is 6.20. The van der Waals surface area contributed by atoms with Crippen LogP contribution >= 0.6 is 11.3 Å². The Morgan fingerprint density at radius 1 is 1.47 bits per heavy atom. The normalized spacial score (nSPS) is 16.3. The summed E-state index contributed by atoms with van der Waals surface area (Å²) in [5.41, 5.74) is 0. The molecule has 1 aromatic rings. The van der Waals surface area contributed by atoms with E-state index in [0.29, 0.717) is 11.8 Å². The van der Waals surface area contributed by atoms with Gasteiger partial charge in [-0.25, -0.2) is 0 Å². The second-order valence-corrected chi connectivity index (χ2v) is 5.87. The highest BCUT2D eigenvalue weighted by Gasteiger charge is 2.21. The van der Waals surface area contributed by atoms with Crippen molar-refractivity contribution in [2.45, 2.75) is 45.6 Å². The fraction of sp³-hybridized carbons (Fsp3) is 0.643. The number of carbonyl (C=O) groups excluding carboxylic acids is 1. The number of thiophene rings is 1. The maximum Gasteiger partial charge on any atom is 0.223 e. The molecule has 3 heteroatoms. The van der Waals surface area contributed by atoms with Crippen LogP contribution in [0.2, 0.25) is 0 Å². The molecule has 0 spiro atoms. The van der Waals surface area contributed by atoms with Crippen LogP contribution in [0.3, 0.4) is 0 Å². The van der Waals surface area contributed by atoms with E-state index in [1.54, 1.807) is 11.3 Å². The molecule has 0 aromatic carbocycles. The van der Waals surface area contributed by atoms with E-state index in [-0.39, 0.29) is 0 Å². The molecule has 94 valence electrons. The zero-order valence-corrected chi connectivity index (χ0v) is 11.3. The maximum absolute atomic E-state index is 12.2. The molecule has 0 unspecified atom stereocenters. The van der Waals surface area contributed by atoms with Gasteiger partial charge in [0, 0.05) is 17.8 Å². The summed E-state index contributed by atoms with van der Waals surface area (Å²) in [5, 5.41) is 2.07. The first kappa shape index (κ1) is 12.6. The van der Waals surface area contributed by atoms with Crippen molar-refractivity contribution >= 4 is 17.2 Å². The highest BCUT2D eigenvalue weighted by Crippen LogP contribution is 2.28. The Hall–Kier alpha value is -0.830. The molecular formula is C14H21NOS. The van der Waals surface area contributed by atoms with Crippen molar-refractivity contribution in [3.8, 4) is 0 Å². The van der Waals surface area contributed by atoms with Gasteiger partial charge < -0.3 is 4.90 Å². The highest BCUT2D eigenvalue weighted by atomic mass is 32.1. The lowest BCUT2D eigenvalue weighted by Gasteiger charge is -2.21. The summed E-state index contributed by atoms with van der Waals surface area (Å²) < 4.78 is 0. The maximum atomic E-state index is 12.2. The lowest BCUT2D eigenvalue weighted by Crippen LogP contribution is -2.31. The number of amides is 1. The quantitative estimate of drug-likeness (QED) is 0.782. The summed E-state index contributed by atoms with van der Waals surface area (Å²) in [6.07, 6.45) is 5.90. The van der Waals surface area contributed by atoms with Crippen LogP contribution in [0.5, 0.6) is 0 Å². The predicted octanol–water partition coefficient (Wildman–Crippen LogP) is 3.68. The first-order chi connectivity index (χ1) is 8.29. The zero-order chi connectivity index (χ0) is 12.1. The van der Waals surface area contributed by atoms with E-state index < -0.39 is 0 Å². The lowest BCUT2D eigenvalue weighted by molar-refractivity contribution is -0.132. The van der Waals surface area contributed by atoms with Crippen molar-refractivity contribution in [2.24, 2.45) is 5.92 Å². The van der Waals surface area contributed by atoms with E-state index in [2.05, 4.69) is 24.4 Å². The Bertz CT molecular complexity index is 341. The van der Waals surface area contributed by atoms with Gasteiger partial charge in [-0.15, -0.1) is 11.3 Å². The molecule has 0 bridgehead atoms. The summed E-state index contributed by atoms with van der Waals surface area (Å²) in [4.78, 5) is 15.5. The smallest absolute Gasteiger partial charge is 0.223 e. The van der Waals surface area contributed by atoms with Gasteiger partial charge in [-0.05, 0) is 37.1 Å². The van der Waals surface area contributed by atoms with E-state index in [4.69, 9.17) is 0 Å². The van der Waals surface area contributed by atoms with Crippen molar-refractivity contribution in [3.05, 3.63) is 22.4 Å². The van der Waals surface area contributed by atoms with E-state index in [0.717, 1.165) is 19.5 Å². The molecule has 0 N–H and O–H groups in total. The van der Waals surface area contributed by atoms with Crippen molar-refractivity contribution in [3.63, 3.8) is 0 Å². The monoisotopic (exact) mass is 251 g/mol. The number of carbonyl (C=O) groups is 1. The van der Waals surface area contributed by atoms with Crippen molar-refractivity contribution in [2.75, 3.05) is 6.54 Å². The summed E-state index contributed by atoms with van der Waals surface area (Å²) in [5.74, 6) is 0.993. The molecule has 2 rings (SSSR count). The number of nitrogens with zero attached hydrogens (tertiary/aromatic N) is 1. The Balaban J connectivity index is 1.86. The van der Waals surface area contributed by atoms with Crippen LogP contribution in [0, 0.1) is 5.92 Å². The van der Waals surface area contributed by atoms with Crippen LogP contribution in [0.25, 0.3) is 0 Å². The third-order valence-electron chi connectivity index (χ3n) is 3.60. The molecule has 1 aliphatic rings. The van der Waals surface area contributed by atoms with E-state index >= 15 is 0 Å². The second-order valence-electron chi connectivity index (χ2n) is 4.84. The Labute approximate surface area is 108 Å². The standard InChI is InChI=1S/C14H21NOS/c1-2-15(11-13-8-5-9-17-13)14(16)10-12-6-3-4-7-12/h5,8-9,12H,2-4,6-7,10-11H2,1H3. The average molecular weight is 251 g/mol. The van der Waals surface area contributed by atoms with Crippen LogP contribution in [0.1, 0.15) is 43.9 Å². The average Bonchev–Trinajstić information content (AvgIpc) is 2.97. The minimum Gasteiger partial charge on any atom is -0.338 e. The van der Waals surface area contributed by atoms with Gasteiger partial charge in [-0.2, -0.15) is 0 Å². The van der Waals surface area contributed by atoms with Crippen LogP contribution in [-0.2, 0) is 11.3 Å². The molecule has 1 fully saturated rings. The Morgan fingerprint density at radius 3 is 2.82 bits per heavy atom. The van der Waals surface area contributed by atoms with E-state index in [1.165, 1.54) is 30.6 Å². The molecule has 0 saturated heterocycles. The molecule has 17 heavy (non-hydrogen) atoms. The fourth-order valence-corrected chi connectivity index (χ4v) is 3.28. The number of hydrogen-bond acceptors (Lipinski definition) is 2. The SMILES string of the molecule is CCN(Cc1cccs1)C(=O)CC1CCCC1. The fourth-order valence-electron chi connectivity index (χ4n) is 2.56. The van der Waals surface area contributed by atoms with Crippen LogP contribution in [0.15, 0.2) is 17.5 Å². The van der Waals surface area contributed by atoms with Gasteiger partial charge in [0.1, 0.15) is 0 Å². The van der Waals surface area contributed by atoms with Gasteiger partial charge in [-0.1, -0.05) is 18.9 Å². The third kappa shape index (κ3) is 3.56. The molecule has 1 heterocycles. The summed E-state index contributed by atoms with van der Waals surface area (Å²) >= 11 is 1.73. The van der Waals surface area contributed by atoms with E-state index in [9.17, 15) is 4.79 Å². The molecular weight excluding hydrogens is 230 g/mol. The minimum atomic E-state index is 0.341. The topological polar surface area (TPSA) is 20.3 Å². The molecule has 1 saturated carbocycles. The highest BCUT2D eigenvalue weighted by molar-refractivity contribution is 7.09. The third-order valence-corrected chi connectivity index (χ3v) is 4.46. The number of hydrogen-bond donors (Lipinski definition) is 0. The van der Waals surface area contributed by atoms with Gasteiger partial charge in [0.2, 0.25) is 5.91 Å². The molecule has 0 aliphatic heterocycles. The predicted molar refractivity (Wildman–Crippen MR) is 72.0 cm³/mol. The van der Waals surface area contributed by atoms with Crippen molar-refractivity contribution in [1.82, 2.24) is 4.90 Å². The summed E-state index contributed by atoms with van der Waals surface area (Å²) in [6, 6.07) is 4.16. The zero-order valence-electron chi connectivity index (χ0n) is 10.5. The Kier molecular flexibility index (Phi) is 4.60. The van der Waals surface area contributed by atoms with Crippen LogP contribution < -0.4 is 0 Å². The van der Waals surface area contributed by atoms with Crippen molar-refractivity contribution in [1.29, 1.82) is 0 Å². The van der Waals surface area contributed by atoms with Gasteiger partial charge in [-0.3, -0.25) is 4.79 Å². The molecule has 1 aromatic heterocycles. The molecule has 1 aliphatic carbocycles. The number of rotatable bonds is 5. The van der Waals surface area contributed by atoms with E-state index in [1.807, 2.05) is 4.90 Å². The molecule has 0 radical (unpaired) electrons. The Morgan fingerprint density at radius 2 is 2.24 bits per heavy atom. The van der Waals surface area contributed by atoms with Gasteiger partial charge >= 0.3 is 0 Å². The van der Waals surface area contributed by atoms with Gasteiger partial charge in [0.05, 0.1) is 6.54 Å². The van der Waals surface area contributed by atoms with Crippen molar-refractivity contribution < 1.29 is 4.79 Å². The lowest BCUT2D eigenvalue weighted by atomic mass is 10.0. The van der Waals surface area contributed by atoms with Crippen LogP contribution in [-0.4, -0.2) is 17.4 Å². The molecule has 2 nitrogen and oxygen atoms in total. The molecule has 0 atom stereocenters. The minimum absolute atomic E-state index is 0.341. The van der Waals surface area contributed by atoms with Gasteiger partial charge in [0.25, 0.3) is 0 Å². The molecule has 1 amide bonds. The summed E-state index contributed by atoms with van der Waals surface area (Å²) in [6.45, 7) is 3.68. The first-order valence-electron chi connectivity index (χ1n) is 6.59.